The molecule has 0 fully saturated rings. The summed E-state index contributed by atoms with van der Waals surface area (Å²) in [5.74, 6) is 0. The van der Waals surface area contributed by atoms with Gasteiger partial charge in [-0.25, -0.2) is 16.8 Å². The second kappa shape index (κ2) is 8.33. The topological polar surface area (TPSA) is 84.4 Å². The van der Waals surface area contributed by atoms with Gasteiger partial charge in [0.25, 0.3) is 20.0 Å². The predicted molar refractivity (Wildman–Crippen MR) is 119 cm³/mol. The van der Waals surface area contributed by atoms with Crippen molar-refractivity contribution in [2.75, 3.05) is 3.71 Å². The average molecular weight is 451 g/mol. The Morgan fingerprint density at radius 3 is 1.65 bits per heavy atom. The SMILES string of the molecule is O=S(=O)(c1ccccc1)N(c1cccc(-c2ccccn2)c1)S(=O)(=O)c1ccccc1. The van der Waals surface area contributed by atoms with Crippen molar-refractivity contribution in [2.24, 2.45) is 0 Å². The Hall–Kier alpha value is -3.49. The number of aromatic nitrogens is 1. The zero-order valence-electron chi connectivity index (χ0n) is 16.2. The van der Waals surface area contributed by atoms with Gasteiger partial charge in [0.2, 0.25) is 0 Å². The second-order valence-corrected chi connectivity index (χ2v) is 10.4. The summed E-state index contributed by atoms with van der Waals surface area (Å²) < 4.78 is 54.6. The van der Waals surface area contributed by atoms with Gasteiger partial charge in [-0.15, -0.1) is 0 Å². The Balaban J connectivity index is 1.95. The molecule has 1 heterocycles. The van der Waals surface area contributed by atoms with Gasteiger partial charge in [0, 0.05) is 11.8 Å². The molecule has 156 valence electrons. The molecule has 31 heavy (non-hydrogen) atoms. The molecule has 8 heteroatoms. The van der Waals surface area contributed by atoms with Crippen LogP contribution in [-0.2, 0) is 20.0 Å². The van der Waals surface area contributed by atoms with Crippen molar-refractivity contribution in [3.05, 3.63) is 109 Å². The first-order chi connectivity index (χ1) is 14.9. The minimum absolute atomic E-state index is 0.00383. The van der Waals surface area contributed by atoms with Gasteiger partial charge in [-0.05, 0) is 48.5 Å². The van der Waals surface area contributed by atoms with Crippen LogP contribution in [-0.4, -0.2) is 21.8 Å². The zero-order chi connectivity index (χ0) is 21.9. The number of benzene rings is 3. The number of hydrogen-bond donors (Lipinski definition) is 0. The van der Waals surface area contributed by atoms with Crippen molar-refractivity contribution < 1.29 is 16.8 Å². The van der Waals surface area contributed by atoms with Crippen molar-refractivity contribution in [1.82, 2.24) is 4.98 Å². The lowest BCUT2D eigenvalue weighted by molar-refractivity contribution is 0.584. The monoisotopic (exact) mass is 450 g/mol. The van der Waals surface area contributed by atoms with E-state index in [1.54, 1.807) is 72.9 Å². The van der Waals surface area contributed by atoms with Crippen LogP contribution in [0.3, 0.4) is 0 Å². The highest BCUT2D eigenvalue weighted by atomic mass is 32.3. The molecule has 0 bridgehead atoms. The van der Waals surface area contributed by atoms with Crippen LogP contribution in [0.5, 0.6) is 0 Å². The molecule has 1 aromatic heterocycles. The summed E-state index contributed by atoms with van der Waals surface area (Å²) in [4.78, 5) is 4.02. The molecule has 0 radical (unpaired) electrons. The quantitative estimate of drug-likeness (QED) is 0.436. The molecule has 0 spiro atoms. The lowest BCUT2D eigenvalue weighted by Gasteiger charge is -2.24. The number of hydrogen-bond acceptors (Lipinski definition) is 5. The van der Waals surface area contributed by atoms with Gasteiger partial charge in [-0.3, -0.25) is 4.98 Å². The molecule has 0 aliphatic heterocycles. The third kappa shape index (κ3) is 4.08. The minimum atomic E-state index is -4.43. The van der Waals surface area contributed by atoms with Gasteiger partial charge in [-0.2, -0.15) is 3.71 Å². The summed E-state index contributed by atoms with van der Waals surface area (Å²) in [6.45, 7) is 0. The summed E-state index contributed by atoms with van der Waals surface area (Å²) in [5.41, 5.74) is 1.18. The summed E-state index contributed by atoms with van der Waals surface area (Å²) in [6.07, 6.45) is 1.61. The number of sulfonamides is 2. The molecule has 0 saturated heterocycles. The molecular weight excluding hydrogens is 432 g/mol. The van der Waals surface area contributed by atoms with E-state index in [0.717, 1.165) is 0 Å². The summed E-state index contributed by atoms with van der Waals surface area (Å²) in [6, 6.07) is 26.6. The maximum atomic E-state index is 13.5. The van der Waals surface area contributed by atoms with Crippen LogP contribution in [0.4, 0.5) is 5.69 Å². The van der Waals surface area contributed by atoms with Gasteiger partial charge < -0.3 is 0 Å². The van der Waals surface area contributed by atoms with Crippen LogP contribution in [0.25, 0.3) is 11.3 Å². The Morgan fingerprint density at radius 2 is 1.13 bits per heavy atom. The van der Waals surface area contributed by atoms with E-state index in [0.29, 0.717) is 15.0 Å². The summed E-state index contributed by atoms with van der Waals surface area (Å²) in [7, 11) is -8.87. The smallest absolute Gasteiger partial charge is 0.256 e. The molecule has 0 saturated carbocycles. The van der Waals surface area contributed by atoms with Crippen molar-refractivity contribution in [1.29, 1.82) is 0 Å². The Kier molecular flexibility index (Phi) is 5.58. The van der Waals surface area contributed by atoms with Crippen LogP contribution in [0.1, 0.15) is 0 Å². The molecule has 4 aromatic rings. The molecule has 0 unspecified atom stereocenters. The van der Waals surface area contributed by atoms with Gasteiger partial charge in [-0.1, -0.05) is 54.6 Å². The first kappa shape index (κ1) is 20.8. The zero-order valence-corrected chi connectivity index (χ0v) is 17.9. The van der Waals surface area contributed by atoms with Crippen LogP contribution in [0, 0.1) is 0 Å². The number of pyridine rings is 1. The molecule has 0 aliphatic carbocycles. The summed E-state index contributed by atoms with van der Waals surface area (Å²) in [5, 5.41) is 0. The lowest BCUT2D eigenvalue weighted by atomic mass is 10.1. The van der Waals surface area contributed by atoms with Crippen LogP contribution >= 0.6 is 0 Å². The third-order valence-corrected chi connectivity index (χ3v) is 8.74. The Morgan fingerprint density at radius 1 is 0.581 bits per heavy atom. The molecule has 4 rings (SSSR count). The number of nitrogens with zero attached hydrogens (tertiary/aromatic N) is 2. The van der Waals surface area contributed by atoms with E-state index in [1.807, 2.05) is 0 Å². The Labute approximate surface area is 181 Å². The first-order valence-corrected chi connectivity index (χ1v) is 12.2. The largest absolute Gasteiger partial charge is 0.277 e. The van der Waals surface area contributed by atoms with Crippen LogP contribution in [0.2, 0.25) is 0 Å². The highest BCUT2D eigenvalue weighted by molar-refractivity contribution is 8.10. The van der Waals surface area contributed by atoms with E-state index in [4.69, 9.17) is 0 Å². The highest BCUT2D eigenvalue weighted by Gasteiger charge is 2.37. The average Bonchev–Trinajstić information content (AvgIpc) is 2.81. The fourth-order valence-electron chi connectivity index (χ4n) is 3.10. The van der Waals surface area contributed by atoms with E-state index >= 15 is 0 Å². The minimum Gasteiger partial charge on any atom is -0.256 e. The van der Waals surface area contributed by atoms with Crippen LogP contribution in [0.15, 0.2) is 119 Å². The van der Waals surface area contributed by atoms with Crippen molar-refractivity contribution in [2.45, 2.75) is 9.79 Å². The van der Waals surface area contributed by atoms with Crippen molar-refractivity contribution in [3.63, 3.8) is 0 Å². The van der Waals surface area contributed by atoms with Gasteiger partial charge >= 0.3 is 0 Å². The maximum absolute atomic E-state index is 13.5. The molecule has 0 N–H and O–H groups in total. The molecule has 6 nitrogen and oxygen atoms in total. The third-order valence-electron chi connectivity index (χ3n) is 4.54. The standard InChI is InChI=1S/C23H18N2O4S2/c26-30(27,21-12-3-1-4-13-21)25(31(28,29)22-14-5-2-6-15-22)20-11-9-10-19(18-20)23-16-7-8-17-24-23/h1-18H. The van der Waals surface area contributed by atoms with E-state index in [2.05, 4.69) is 4.98 Å². The number of anilines is 1. The molecule has 0 aliphatic rings. The van der Waals surface area contributed by atoms with E-state index in [9.17, 15) is 16.8 Å². The van der Waals surface area contributed by atoms with E-state index in [1.165, 1.54) is 36.4 Å². The molecule has 0 atom stereocenters. The number of rotatable bonds is 6. The highest BCUT2D eigenvalue weighted by Crippen LogP contribution is 2.33. The second-order valence-electron chi connectivity index (χ2n) is 6.60. The normalized spacial score (nSPS) is 11.7. The molecular formula is C23H18N2O4S2. The Bertz CT molecular complexity index is 1320. The van der Waals surface area contributed by atoms with Gasteiger partial charge in [0.1, 0.15) is 0 Å². The fraction of sp³-hybridized carbons (Fsp3) is 0. The lowest BCUT2D eigenvalue weighted by Crippen LogP contribution is -2.37. The first-order valence-electron chi connectivity index (χ1n) is 9.33. The van der Waals surface area contributed by atoms with Gasteiger partial charge in [0.15, 0.2) is 0 Å². The fourth-order valence-corrected chi connectivity index (χ4v) is 6.81. The predicted octanol–water partition coefficient (Wildman–Crippen LogP) is 4.33. The molecule has 0 amide bonds. The maximum Gasteiger partial charge on any atom is 0.277 e. The molecule has 3 aromatic carbocycles. The van der Waals surface area contributed by atoms with Gasteiger partial charge in [0.05, 0.1) is 21.2 Å². The van der Waals surface area contributed by atoms with Crippen molar-refractivity contribution in [3.8, 4) is 11.3 Å². The van der Waals surface area contributed by atoms with Crippen LogP contribution < -0.4 is 3.71 Å². The summed E-state index contributed by atoms with van der Waals surface area (Å²) >= 11 is 0. The van der Waals surface area contributed by atoms with Crippen molar-refractivity contribution >= 4 is 25.7 Å². The van der Waals surface area contributed by atoms with E-state index in [-0.39, 0.29) is 15.5 Å². The van der Waals surface area contributed by atoms with E-state index < -0.39 is 20.0 Å².